The van der Waals surface area contributed by atoms with Crippen LogP contribution in [0.25, 0.3) is 55.3 Å². The number of hydrogen-bond donors (Lipinski definition) is 0. The molecule has 0 fully saturated rings. The fraction of sp³-hybridized carbons (Fsp3) is 0.146. The maximum atomic E-state index is 12.8. The van der Waals surface area contributed by atoms with Crippen molar-refractivity contribution in [2.24, 2.45) is 0 Å². The fourth-order valence-corrected chi connectivity index (χ4v) is 19.5. The van der Waals surface area contributed by atoms with Crippen LogP contribution in [0, 0.1) is 41.5 Å². The van der Waals surface area contributed by atoms with Crippen molar-refractivity contribution in [2.45, 2.75) is 61.8 Å². The zero-order valence-corrected chi connectivity index (χ0v) is 62.6. The second-order valence-electron chi connectivity index (χ2n) is 25.6. The molecule has 4 unspecified atom stereocenters. The summed E-state index contributed by atoms with van der Waals surface area (Å²) < 4.78 is 73.0. The van der Waals surface area contributed by atoms with Crippen molar-refractivity contribution in [2.75, 3.05) is 25.7 Å². The first-order chi connectivity index (χ1) is 48.7. The predicted octanol–water partition coefficient (Wildman–Crippen LogP) is 23.6. The van der Waals surface area contributed by atoms with Gasteiger partial charge in [0.25, 0.3) is 29.5 Å². The Labute approximate surface area is 596 Å². The number of benzene rings is 13. The Morgan fingerprint density at radius 3 is 0.772 bits per heavy atom. The molecule has 13 aromatic rings. The van der Waals surface area contributed by atoms with E-state index >= 15 is 0 Å². The molecule has 8 nitrogen and oxygen atoms in total. The summed E-state index contributed by atoms with van der Waals surface area (Å²) in [6.45, 7) is 19.9. The van der Waals surface area contributed by atoms with Crippen LogP contribution in [-0.4, -0.2) is 25.7 Å². The van der Waals surface area contributed by atoms with E-state index in [0.29, 0.717) is 23.8 Å². The quantitative estimate of drug-likeness (QED) is 0.161. The summed E-state index contributed by atoms with van der Waals surface area (Å²) in [5, 5.41) is 6.07. The SMILES string of the molecule is CCP1(=O)Oc2ccccc2-c2ccccc21.CCP1(=O)Oc2ccccc2-c2ccccc21.CP1(=O)Oc2ccccc2-c2ccccc21.CP1(=O)Oc2ccccc2-c2ccccc21.Cc1ccc(C)c2ccccc12.Cc1ccc(C)cc1.Cc1ccc(Cc2ccc(C)cc2)cc1. The van der Waals surface area contributed by atoms with Crippen molar-refractivity contribution < 1.29 is 36.4 Å². The number of aryl methyl sites for hydroxylation is 6. The molecule has 0 radical (unpaired) electrons. The van der Waals surface area contributed by atoms with Crippen LogP contribution in [0.2, 0.25) is 0 Å². The number of rotatable bonds is 4. The van der Waals surface area contributed by atoms with Gasteiger partial charge in [0, 0.05) is 47.9 Å². The van der Waals surface area contributed by atoms with Crippen LogP contribution < -0.4 is 39.3 Å². The predicted molar refractivity (Wildman–Crippen MR) is 426 cm³/mol. The molecule has 4 heterocycles. The zero-order chi connectivity index (χ0) is 71.3. The van der Waals surface area contributed by atoms with Gasteiger partial charge in [0.05, 0.1) is 21.2 Å². The van der Waals surface area contributed by atoms with Crippen molar-refractivity contribution in [3.8, 4) is 67.5 Å². The average molecular weight is 1410 g/mol. The van der Waals surface area contributed by atoms with E-state index < -0.39 is 29.5 Å². The lowest BCUT2D eigenvalue weighted by Gasteiger charge is -2.27. The minimum atomic E-state index is -2.72. The van der Waals surface area contributed by atoms with Crippen molar-refractivity contribution in [1.82, 2.24) is 0 Å². The average Bonchev–Trinajstić information content (AvgIpc) is 0.773. The highest BCUT2D eigenvalue weighted by Crippen LogP contribution is 2.56. The minimum absolute atomic E-state index is 0.526. The van der Waals surface area contributed by atoms with Crippen molar-refractivity contribution in [3.63, 3.8) is 0 Å². The molecular formula is C89H86O8P4. The Balaban J connectivity index is 0.000000120. The van der Waals surface area contributed by atoms with E-state index in [2.05, 4.69) is 151 Å². The number of fused-ring (bicyclic) bond motifs is 13. The Kier molecular flexibility index (Phi) is 23.2. The fourth-order valence-electron chi connectivity index (χ4n) is 12.4. The topological polar surface area (TPSA) is 105 Å². The van der Waals surface area contributed by atoms with Crippen LogP contribution in [-0.2, 0) is 24.7 Å². The summed E-state index contributed by atoms with van der Waals surface area (Å²) in [5.41, 5.74) is 19.0. The van der Waals surface area contributed by atoms with E-state index in [1.165, 1.54) is 55.3 Å². The van der Waals surface area contributed by atoms with Gasteiger partial charge in [0.15, 0.2) is 0 Å². The van der Waals surface area contributed by atoms with Gasteiger partial charge in [-0.05, 0) is 152 Å². The van der Waals surface area contributed by atoms with Crippen LogP contribution >= 0.6 is 29.5 Å². The molecule has 0 bridgehead atoms. The molecule has 0 spiro atoms. The lowest BCUT2D eigenvalue weighted by molar-refractivity contribution is 0.491. The zero-order valence-electron chi connectivity index (χ0n) is 59.0. The molecule has 0 aromatic heterocycles. The monoisotopic (exact) mass is 1410 g/mol. The van der Waals surface area contributed by atoms with Crippen LogP contribution in [0.5, 0.6) is 23.0 Å². The van der Waals surface area contributed by atoms with Gasteiger partial charge in [0.1, 0.15) is 23.0 Å². The molecule has 0 N–H and O–H groups in total. The molecule has 0 saturated carbocycles. The highest BCUT2D eigenvalue weighted by Gasteiger charge is 2.36. The third kappa shape index (κ3) is 17.2. The number of hydrogen-bond acceptors (Lipinski definition) is 8. The van der Waals surface area contributed by atoms with Gasteiger partial charge < -0.3 is 18.1 Å². The summed E-state index contributed by atoms with van der Waals surface area (Å²) in [6.07, 6.45) is 2.08. The highest BCUT2D eigenvalue weighted by atomic mass is 31.2. The first-order valence-electron chi connectivity index (χ1n) is 34.1. The van der Waals surface area contributed by atoms with Gasteiger partial charge in [-0.1, -0.05) is 291 Å². The van der Waals surface area contributed by atoms with Gasteiger partial charge in [0.2, 0.25) is 0 Å². The Hall–Kier alpha value is -9.76. The lowest BCUT2D eigenvalue weighted by Crippen LogP contribution is -2.18. The Morgan fingerprint density at radius 2 is 0.475 bits per heavy atom. The Morgan fingerprint density at radius 1 is 0.248 bits per heavy atom. The number of para-hydroxylation sites is 4. The summed E-state index contributed by atoms with van der Waals surface area (Å²) in [6, 6.07) is 101. The van der Waals surface area contributed by atoms with Gasteiger partial charge >= 0.3 is 0 Å². The molecule has 510 valence electrons. The third-order valence-corrected chi connectivity index (χ3v) is 26.5. The summed E-state index contributed by atoms with van der Waals surface area (Å²) in [4.78, 5) is 0. The largest absolute Gasteiger partial charge is 0.439 e. The molecule has 17 rings (SSSR count). The molecule has 101 heavy (non-hydrogen) atoms. The van der Waals surface area contributed by atoms with Crippen LogP contribution in [0.15, 0.2) is 303 Å². The van der Waals surface area contributed by atoms with Crippen molar-refractivity contribution >= 4 is 61.5 Å². The smallest absolute Gasteiger partial charge is 0.277 e. The first kappa shape index (κ1) is 72.5. The van der Waals surface area contributed by atoms with E-state index in [1.807, 2.05) is 208 Å². The van der Waals surface area contributed by atoms with Gasteiger partial charge in [-0.2, -0.15) is 0 Å². The van der Waals surface area contributed by atoms with E-state index in [4.69, 9.17) is 18.1 Å². The molecule has 4 aliphatic rings. The molecule has 13 aromatic carbocycles. The van der Waals surface area contributed by atoms with Crippen LogP contribution in [0.3, 0.4) is 0 Å². The molecular weight excluding hydrogens is 1320 g/mol. The van der Waals surface area contributed by atoms with Crippen molar-refractivity contribution in [1.29, 1.82) is 0 Å². The molecule has 4 aliphatic heterocycles. The second-order valence-corrected chi connectivity index (χ2v) is 35.6. The first-order valence-corrected chi connectivity index (χ1v) is 41.9. The van der Waals surface area contributed by atoms with E-state index in [0.717, 1.165) is 83.6 Å². The summed E-state index contributed by atoms with van der Waals surface area (Å²) in [7, 11) is -10.9. The molecule has 0 saturated heterocycles. The molecule has 0 aliphatic carbocycles. The van der Waals surface area contributed by atoms with Gasteiger partial charge in [-0.3, -0.25) is 18.3 Å². The Bertz CT molecular complexity index is 4930. The maximum Gasteiger partial charge on any atom is 0.277 e. The lowest BCUT2D eigenvalue weighted by atomic mass is 10.0. The highest BCUT2D eigenvalue weighted by molar-refractivity contribution is 7.68. The van der Waals surface area contributed by atoms with Crippen LogP contribution in [0.4, 0.5) is 0 Å². The van der Waals surface area contributed by atoms with Gasteiger partial charge in [-0.25, -0.2) is 0 Å². The standard InChI is InChI=1S/C15H16.2C14H13O2P.2C13H11O2P.C12H12.C8H10/c1-12-3-7-14(8-4-12)11-15-9-5-13(2)6-10-15;2*1-2-17(15)14-10-6-4-8-12(14)11-7-3-5-9-13(11)16-17;2*1-16(14)13-9-5-3-7-11(13)10-6-2-4-8-12(10)15-16;1-9-7-8-10(2)12-6-4-3-5-11(9)12;1-7-3-5-8(2)6-4-7/h3-10H,11H2,1-2H3;2*3-10H,2H2,1H3;2*2-9H,1H3;3-8H,1-2H3;3-6H,1-2H3. The molecule has 4 atom stereocenters. The van der Waals surface area contributed by atoms with Gasteiger partial charge in [-0.15, -0.1) is 0 Å². The van der Waals surface area contributed by atoms with E-state index in [-0.39, 0.29) is 0 Å². The summed E-state index contributed by atoms with van der Waals surface area (Å²) >= 11 is 0. The third-order valence-electron chi connectivity index (χ3n) is 18.0. The van der Waals surface area contributed by atoms with Crippen LogP contribution in [0.1, 0.15) is 58.4 Å². The maximum absolute atomic E-state index is 12.8. The summed E-state index contributed by atoms with van der Waals surface area (Å²) in [5.74, 6) is 2.90. The van der Waals surface area contributed by atoms with Crippen molar-refractivity contribution in [3.05, 3.63) is 348 Å². The molecule has 0 amide bonds. The van der Waals surface area contributed by atoms with E-state index in [9.17, 15) is 18.3 Å². The molecule has 12 heteroatoms. The minimum Gasteiger partial charge on any atom is -0.439 e. The normalized spacial score (nSPS) is 17.6. The van der Waals surface area contributed by atoms with E-state index in [1.54, 1.807) is 13.3 Å². The second kappa shape index (κ2) is 32.3.